The summed E-state index contributed by atoms with van der Waals surface area (Å²) in [5.41, 5.74) is 2.33. The second-order valence-electron chi connectivity index (χ2n) is 5.27. The van der Waals surface area contributed by atoms with Crippen LogP contribution in [0, 0.1) is 6.92 Å². The molecule has 0 saturated carbocycles. The molecule has 23 heavy (non-hydrogen) atoms. The summed E-state index contributed by atoms with van der Waals surface area (Å²) >= 11 is 0. The molecular weight excluding hydrogens is 300 g/mol. The molecule has 0 atom stereocenters. The van der Waals surface area contributed by atoms with Crippen molar-refractivity contribution < 1.29 is 25.5 Å². The maximum atomic E-state index is 10.2. The number of aromatic hydroxyl groups is 1. The zero-order valence-corrected chi connectivity index (χ0v) is 13.0. The lowest BCUT2D eigenvalue weighted by atomic mass is 10.0. The Balaban J connectivity index is 2.47. The number of pyridine rings is 1. The molecule has 1 aliphatic rings. The van der Waals surface area contributed by atoms with Crippen LogP contribution < -0.4 is 0 Å². The van der Waals surface area contributed by atoms with Gasteiger partial charge in [-0.25, -0.2) is 0 Å². The molecule has 0 spiro atoms. The van der Waals surface area contributed by atoms with Gasteiger partial charge in [-0.15, -0.1) is 0 Å². The standard InChI is InChI=1S/C16H20N2O5/c1-9-15(22)13(11(6-19)3-17-9)5-18-4-12(7-20)14(8-21)16(23)10(18)2/h3-4,8,19-23H,5-7H2,1-2H3/b14-8+. The molecule has 0 aliphatic carbocycles. The minimum Gasteiger partial charge on any atom is -0.515 e. The van der Waals surface area contributed by atoms with E-state index < -0.39 is 0 Å². The number of rotatable bonds is 4. The smallest absolute Gasteiger partial charge is 0.145 e. The van der Waals surface area contributed by atoms with E-state index in [1.54, 1.807) is 24.9 Å². The Morgan fingerprint density at radius 3 is 2.43 bits per heavy atom. The fourth-order valence-electron chi connectivity index (χ4n) is 2.44. The van der Waals surface area contributed by atoms with Crippen molar-refractivity contribution in [3.63, 3.8) is 0 Å². The molecule has 0 unspecified atom stereocenters. The molecule has 1 aromatic heterocycles. The number of aliphatic hydroxyl groups is 4. The molecule has 0 bridgehead atoms. The van der Waals surface area contributed by atoms with Gasteiger partial charge >= 0.3 is 0 Å². The zero-order chi connectivity index (χ0) is 17.1. The molecule has 0 amide bonds. The van der Waals surface area contributed by atoms with Crippen molar-refractivity contribution in [2.75, 3.05) is 6.61 Å². The second-order valence-corrected chi connectivity index (χ2v) is 5.27. The summed E-state index contributed by atoms with van der Waals surface area (Å²) in [5, 5.41) is 48.4. The summed E-state index contributed by atoms with van der Waals surface area (Å²) in [5.74, 6) is -0.179. The van der Waals surface area contributed by atoms with E-state index in [2.05, 4.69) is 4.98 Å². The van der Waals surface area contributed by atoms with Crippen molar-refractivity contribution in [1.29, 1.82) is 0 Å². The number of aromatic nitrogens is 1. The van der Waals surface area contributed by atoms with E-state index in [1.807, 2.05) is 0 Å². The molecule has 1 aliphatic heterocycles. The first-order chi connectivity index (χ1) is 10.9. The fraction of sp³-hybridized carbons (Fsp3) is 0.312. The molecule has 0 radical (unpaired) electrons. The monoisotopic (exact) mass is 320 g/mol. The van der Waals surface area contributed by atoms with Gasteiger partial charge < -0.3 is 30.4 Å². The molecule has 1 aromatic rings. The molecule has 124 valence electrons. The summed E-state index contributed by atoms with van der Waals surface area (Å²) in [6.07, 6.45) is 3.81. The molecule has 0 fully saturated rings. The van der Waals surface area contributed by atoms with Gasteiger partial charge in [-0.05, 0) is 13.8 Å². The Morgan fingerprint density at radius 2 is 1.87 bits per heavy atom. The number of nitrogens with zero attached hydrogens (tertiary/aromatic N) is 2. The quantitative estimate of drug-likeness (QED) is 0.534. The van der Waals surface area contributed by atoms with Gasteiger partial charge in [0.15, 0.2) is 0 Å². The molecule has 7 heteroatoms. The molecule has 7 nitrogen and oxygen atoms in total. The van der Waals surface area contributed by atoms with Gasteiger partial charge in [0.25, 0.3) is 0 Å². The maximum Gasteiger partial charge on any atom is 0.145 e. The zero-order valence-electron chi connectivity index (χ0n) is 13.0. The van der Waals surface area contributed by atoms with Gasteiger partial charge in [-0.2, -0.15) is 0 Å². The number of hydrogen-bond donors (Lipinski definition) is 5. The van der Waals surface area contributed by atoms with Crippen LogP contribution in [-0.4, -0.2) is 42.0 Å². The molecule has 2 rings (SSSR count). The predicted molar refractivity (Wildman–Crippen MR) is 83.3 cm³/mol. The topological polar surface area (TPSA) is 117 Å². The van der Waals surface area contributed by atoms with Crippen LogP contribution in [-0.2, 0) is 13.2 Å². The van der Waals surface area contributed by atoms with Crippen molar-refractivity contribution in [3.8, 4) is 5.75 Å². The SMILES string of the molecule is CC1=C(O)/C(=C/O)C(CO)=CN1Cc1c(CO)cnc(C)c1O. The third kappa shape index (κ3) is 3.01. The summed E-state index contributed by atoms with van der Waals surface area (Å²) in [6.45, 7) is 2.82. The van der Waals surface area contributed by atoms with Gasteiger partial charge in [-0.3, -0.25) is 4.98 Å². The van der Waals surface area contributed by atoms with Crippen LogP contribution in [0.25, 0.3) is 0 Å². The van der Waals surface area contributed by atoms with E-state index >= 15 is 0 Å². The van der Waals surface area contributed by atoms with Gasteiger partial charge in [0.05, 0.1) is 43.0 Å². The van der Waals surface area contributed by atoms with E-state index in [-0.39, 0.29) is 36.8 Å². The van der Waals surface area contributed by atoms with E-state index in [4.69, 9.17) is 0 Å². The lowest BCUT2D eigenvalue weighted by Crippen LogP contribution is -2.24. The van der Waals surface area contributed by atoms with Crippen LogP contribution in [0.1, 0.15) is 23.7 Å². The Labute approximate surface area is 133 Å². The average molecular weight is 320 g/mol. The molecule has 5 N–H and O–H groups in total. The highest BCUT2D eigenvalue weighted by Crippen LogP contribution is 2.32. The third-order valence-electron chi connectivity index (χ3n) is 3.91. The largest absolute Gasteiger partial charge is 0.515 e. The Kier molecular flexibility index (Phi) is 4.92. The highest BCUT2D eigenvalue weighted by atomic mass is 16.3. The summed E-state index contributed by atoms with van der Waals surface area (Å²) < 4.78 is 0. The minimum absolute atomic E-state index is 0.0220. The van der Waals surface area contributed by atoms with Crippen molar-refractivity contribution in [2.24, 2.45) is 0 Å². The van der Waals surface area contributed by atoms with E-state index in [9.17, 15) is 25.5 Å². The first kappa shape index (κ1) is 16.9. The number of hydrogen-bond acceptors (Lipinski definition) is 7. The van der Waals surface area contributed by atoms with Crippen LogP contribution in [0.5, 0.6) is 5.75 Å². The highest BCUT2D eigenvalue weighted by Gasteiger charge is 2.24. The number of aryl methyl sites for hydroxylation is 1. The van der Waals surface area contributed by atoms with Gasteiger partial charge in [-0.1, -0.05) is 0 Å². The Hall–Kier alpha value is -2.51. The van der Waals surface area contributed by atoms with E-state index in [1.165, 1.54) is 6.20 Å². The summed E-state index contributed by atoms with van der Waals surface area (Å²) in [7, 11) is 0. The van der Waals surface area contributed by atoms with Crippen LogP contribution >= 0.6 is 0 Å². The fourth-order valence-corrected chi connectivity index (χ4v) is 2.44. The van der Waals surface area contributed by atoms with Gasteiger partial charge in [0.1, 0.15) is 11.5 Å². The van der Waals surface area contributed by atoms with Gasteiger partial charge in [0, 0.05) is 29.1 Å². The molecule has 2 heterocycles. The summed E-state index contributed by atoms with van der Waals surface area (Å²) in [4.78, 5) is 5.63. The molecule has 0 aromatic carbocycles. The van der Waals surface area contributed by atoms with Crippen molar-refractivity contribution >= 4 is 0 Å². The van der Waals surface area contributed by atoms with Crippen LogP contribution in [0.3, 0.4) is 0 Å². The normalized spacial score (nSPS) is 17.0. The minimum atomic E-state index is -0.367. The highest BCUT2D eigenvalue weighted by molar-refractivity contribution is 5.48. The molecular formula is C16H20N2O5. The number of aliphatic hydroxyl groups excluding tert-OH is 4. The predicted octanol–water partition coefficient (Wildman–Crippen LogP) is 1.51. The lowest BCUT2D eigenvalue weighted by molar-refractivity contribution is 0.275. The molecule has 0 saturated heterocycles. The van der Waals surface area contributed by atoms with Crippen molar-refractivity contribution in [1.82, 2.24) is 9.88 Å². The average Bonchev–Trinajstić information content (AvgIpc) is 2.55. The maximum absolute atomic E-state index is 10.2. The van der Waals surface area contributed by atoms with Crippen molar-refractivity contribution in [3.05, 3.63) is 58.1 Å². The van der Waals surface area contributed by atoms with Gasteiger partial charge in [0.2, 0.25) is 0 Å². The first-order valence-electron chi connectivity index (χ1n) is 7.04. The van der Waals surface area contributed by atoms with Crippen LogP contribution in [0.4, 0.5) is 0 Å². The first-order valence-corrected chi connectivity index (χ1v) is 7.04. The van der Waals surface area contributed by atoms with Crippen LogP contribution in [0.15, 0.2) is 41.3 Å². The second kappa shape index (κ2) is 6.72. The lowest BCUT2D eigenvalue weighted by Gasteiger charge is -2.29. The van der Waals surface area contributed by atoms with E-state index in [0.29, 0.717) is 28.1 Å². The Morgan fingerprint density at radius 1 is 1.17 bits per heavy atom. The van der Waals surface area contributed by atoms with Crippen LogP contribution in [0.2, 0.25) is 0 Å². The number of allylic oxidation sites excluding steroid dienone is 2. The third-order valence-corrected chi connectivity index (χ3v) is 3.91. The van der Waals surface area contributed by atoms with E-state index in [0.717, 1.165) is 6.26 Å². The Bertz CT molecular complexity index is 707. The van der Waals surface area contributed by atoms with Crippen molar-refractivity contribution in [2.45, 2.75) is 27.0 Å². The summed E-state index contributed by atoms with van der Waals surface area (Å²) in [6, 6.07) is 0.